The van der Waals surface area contributed by atoms with Gasteiger partial charge in [0, 0.05) is 30.9 Å². The van der Waals surface area contributed by atoms with E-state index in [9.17, 15) is 4.79 Å². The monoisotopic (exact) mass is 306 g/mol. The predicted octanol–water partition coefficient (Wildman–Crippen LogP) is 3.32. The molecule has 5 heteroatoms. The van der Waals surface area contributed by atoms with E-state index in [-0.39, 0.29) is 11.6 Å². The van der Waals surface area contributed by atoms with E-state index >= 15 is 0 Å². The van der Waals surface area contributed by atoms with Gasteiger partial charge in [0.15, 0.2) is 0 Å². The van der Waals surface area contributed by atoms with Crippen molar-refractivity contribution in [3.63, 3.8) is 0 Å². The number of rotatable bonds is 6. The van der Waals surface area contributed by atoms with Crippen LogP contribution in [0.2, 0.25) is 5.02 Å². The first-order chi connectivity index (χ1) is 10.1. The third-order valence-electron chi connectivity index (χ3n) is 3.27. The van der Waals surface area contributed by atoms with Crippen LogP contribution < -0.4 is 10.9 Å². The van der Waals surface area contributed by atoms with E-state index in [1.54, 1.807) is 30.0 Å². The van der Waals surface area contributed by atoms with Crippen molar-refractivity contribution >= 4 is 17.3 Å². The van der Waals surface area contributed by atoms with Gasteiger partial charge in [0.2, 0.25) is 0 Å². The zero-order valence-corrected chi connectivity index (χ0v) is 12.9. The first-order valence-electron chi connectivity index (χ1n) is 6.82. The summed E-state index contributed by atoms with van der Waals surface area (Å²) < 4.78 is 6.64. The highest BCUT2D eigenvalue weighted by Gasteiger charge is 2.09. The van der Waals surface area contributed by atoms with Gasteiger partial charge < -0.3 is 14.6 Å². The van der Waals surface area contributed by atoms with Gasteiger partial charge in [0.1, 0.15) is 0 Å². The maximum absolute atomic E-state index is 11.7. The van der Waals surface area contributed by atoms with E-state index in [2.05, 4.69) is 5.32 Å². The lowest BCUT2D eigenvalue weighted by Gasteiger charge is -2.17. The van der Waals surface area contributed by atoms with E-state index in [0.717, 1.165) is 16.3 Å². The molecule has 0 fully saturated rings. The number of halogens is 1. The van der Waals surface area contributed by atoms with Crippen molar-refractivity contribution < 1.29 is 4.74 Å². The zero-order chi connectivity index (χ0) is 15.2. The first-order valence-corrected chi connectivity index (χ1v) is 7.20. The van der Waals surface area contributed by atoms with E-state index < -0.39 is 0 Å². The minimum Gasteiger partial charge on any atom is -0.383 e. The summed E-state index contributed by atoms with van der Waals surface area (Å²) in [7, 11) is 1.62. The lowest BCUT2D eigenvalue weighted by molar-refractivity contribution is 0.186. The molecule has 1 unspecified atom stereocenters. The molecule has 2 aromatic rings. The molecule has 1 aromatic heterocycles. The number of methoxy groups -OCH3 is 1. The second-order valence-corrected chi connectivity index (χ2v) is 5.24. The summed E-state index contributed by atoms with van der Waals surface area (Å²) in [5.41, 5.74) is 1.86. The Labute approximate surface area is 129 Å². The van der Waals surface area contributed by atoms with Crippen molar-refractivity contribution in [2.45, 2.75) is 19.5 Å². The van der Waals surface area contributed by atoms with E-state index in [1.165, 1.54) is 0 Å². The van der Waals surface area contributed by atoms with E-state index in [0.29, 0.717) is 13.2 Å². The molecule has 1 N–H and O–H groups in total. The second-order valence-electron chi connectivity index (χ2n) is 4.83. The number of hydrogen-bond donors (Lipinski definition) is 1. The van der Waals surface area contributed by atoms with Crippen LogP contribution in [-0.4, -0.2) is 18.3 Å². The molecule has 0 aliphatic carbocycles. The Balaban J connectivity index is 2.16. The third kappa shape index (κ3) is 4.09. The molecule has 0 spiro atoms. The number of pyridine rings is 1. The molecule has 4 nitrogen and oxygen atoms in total. The lowest BCUT2D eigenvalue weighted by Crippen LogP contribution is -2.21. The average Bonchev–Trinajstić information content (AvgIpc) is 2.48. The molecule has 2 rings (SSSR count). The molecule has 21 heavy (non-hydrogen) atoms. The standard InChI is InChI=1S/C16H19ClN2O2/c1-12(14-5-3-4-6-15(14)17)18-13-7-8-16(20)19(11-13)9-10-21-2/h3-8,11-12,18H,9-10H2,1-2H3. The van der Waals surface area contributed by atoms with Crippen molar-refractivity contribution in [3.8, 4) is 0 Å². The van der Waals surface area contributed by atoms with Gasteiger partial charge in [-0.3, -0.25) is 4.79 Å². The molecule has 1 atom stereocenters. The molecular weight excluding hydrogens is 288 g/mol. The van der Waals surface area contributed by atoms with Gasteiger partial charge in [-0.2, -0.15) is 0 Å². The van der Waals surface area contributed by atoms with Crippen LogP contribution in [0.25, 0.3) is 0 Å². The van der Waals surface area contributed by atoms with Gasteiger partial charge in [-0.15, -0.1) is 0 Å². The van der Waals surface area contributed by atoms with Gasteiger partial charge in [-0.25, -0.2) is 0 Å². The molecule has 0 radical (unpaired) electrons. The largest absolute Gasteiger partial charge is 0.383 e. The summed E-state index contributed by atoms with van der Waals surface area (Å²) in [4.78, 5) is 11.7. The van der Waals surface area contributed by atoms with E-state index in [1.807, 2.05) is 31.2 Å². The van der Waals surface area contributed by atoms with E-state index in [4.69, 9.17) is 16.3 Å². The summed E-state index contributed by atoms with van der Waals surface area (Å²) in [5, 5.41) is 4.09. The molecule has 0 aliphatic heterocycles. The van der Waals surface area contributed by atoms with Crippen molar-refractivity contribution in [1.29, 1.82) is 0 Å². The fraction of sp³-hybridized carbons (Fsp3) is 0.312. The second kappa shape index (κ2) is 7.29. The SMILES string of the molecule is COCCn1cc(NC(C)c2ccccc2Cl)ccc1=O. The van der Waals surface area contributed by atoms with Crippen molar-refractivity contribution in [3.05, 3.63) is 63.5 Å². The molecule has 112 valence electrons. The summed E-state index contributed by atoms with van der Waals surface area (Å²) in [6, 6.07) is 11.1. The Morgan fingerprint density at radius 1 is 1.29 bits per heavy atom. The van der Waals surface area contributed by atoms with Crippen LogP contribution >= 0.6 is 11.6 Å². The maximum atomic E-state index is 11.7. The normalized spacial score (nSPS) is 12.1. The lowest BCUT2D eigenvalue weighted by atomic mass is 10.1. The Morgan fingerprint density at radius 3 is 2.76 bits per heavy atom. The highest BCUT2D eigenvalue weighted by Crippen LogP contribution is 2.25. The highest BCUT2D eigenvalue weighted by atomic mass is 35.5. The highest BCUT2D eigenvalue weighted by molar-refractivity contribution is 6.31. The van der Waals surface area contributed by atoms with Crippen LogP contribution in [0.1, 0.15) is 18.5 Å². The number of nitrogens with zero attached hydrogens (tertiary/aromatic N) is 1. The van der Waals surface area contributed by atoms with Crippen LogP contribution in [-0.2, 0) is 11.3 Å². The number of aromatic nitrogens is 1. The Bertz CT molecular complexity index is 655. The Hall–Kier alpha value is -1.78. The average molecular weight is 307 g/mol. The van der Waals surface area contributed by atoms with Gasteiger partial charge in [0.05, 0.1) is 18.3 Å². The fourth-order valence-electron chi connectivity index (χ4n) is 2.14. The summed E-state index contributed by atoms with van der Waals surface area (Å²) in [5.74, 6) is 0. The van der Waals surface area contributed by atoms with Gasteiger partial charge >= 0.3 is 0 Å². The fourth-order valence-corrected chi connectivity index (χ4v) is 2.43. The van der Waals surface area contributed by atoms with Crippen LogP contribution in [0.3, 0.4) is 0 Å². The molecule has 0 bridgehead atoms. The Kier molecular flexibility index (Phi) is 5.42. The van der Waals surface area contributed by atoms with Crippen LogP contribution in [0, 0.1) is 0 Å². The molecule has 0 saturated carbocycles. The maximum Gasteiger partial charge on any atom is 0.250 e. The first kappa shape index (κ1) is 15.6. The topological polar surface area (TPSA) is 43.3 Å². The summed E-state index contributed by atoms with van der Waals surface area (Å²) in [6.45, 7) is 3.07. The molecular formula is C16H19ClN2O2. The zero-order valence-electron chi connectivity index (χ0n) is 12.2. The van der Waals surface area contributed by atoms with Gasteiger partial charge in [-0.1, -0.05) is 29.8 Å². The number of hydrogen-bond acceptors (Lipinski definition) is 3. The summed E-state index contributed by atoms with van der Waals surface area (Å²) in [6.07, 6.45) is 1.80. The van der Waals surface area contributed by atoms with Gasteiger partial charge in [-0.05, 0) is 24.6 Å². The number of ether oxygens (including phenoxy) is 1. The summed E-state index contributed by atoms with van der Waals surface area (Å²) >= 11 is 6.20. The van der Waals surface area contributed by atoms with Crippen molar-refractivity contribution in [2.24, 2.45) is 0 Å². The number of anilines is 1. The van der Waals surface area contributed by atoms with Crippen LogP contribution in [0.4, 0.5) is 5.69 Å². The van der Waals surface area contributed by atoms with Crippen LogP contribution in [0.5, 0.6) is 0 Å². The Morgan fingerprint density at radius 2 is 2.05 bits per heavy atom. The minimum absolute atomic E-state index is 0.0389. The molecule has 0 aliphatic rings. The van der Waals surface area contributed by atoms with Gasteiger partial charge in [0.25, 0.3) is 5.56 Å². The quantitative estimate of drug-likeness (QED) is 0.890. The van der Waals surface area contributed by atoms with Crippen molar-refractivity contribution in [1.82, 2.24) is 4.57 Å². The van der Waals surface area contributed by atoms with Crippen LogP contribution in [0.15, 0.2) is 47.4 Å². The molecule has 0 saturated heterocycles. The minimum atomic E-state index is -0.0389. The third-order valence-corrected chi connectivity index (χ3v) is 3.62. The number of benzene rings is 1. The molecule has 1 heterocycles. The van der Waals surface area contributed by atoms with Crippen molar-refractivity contribution in [2.75, 3.05) is 19.0 Å². The smallest absolute Gasteiger partial charge is 0.250 e. The molecule has 0 amide bonds. The number of nitrogens with one attached hydrogen (secondary N) is 1. The predicted molar refractivity (Wildman–Crippen MR) is 86.1 cm³/mol. The molecule has 1 aromatic carbocycles.